The summed E-state index contributed by atoms with van der Waals surface area (Å²) in [6, 6.07) is 7.58. The maximum atomic E-state index is 11.8. The Morgan fingerprint density at radius 2 is 1.95 bits per heavy atom. The minimum atomic E-state index is -0.914. The number of anilines is 1. The van der Waals surface area contributed by atoms with Gasteiger partial charge in [-0.15, -0.1) is 0 Å². The number of nitrogens with one attached hydrogen (secondary N) is 1. The minimum Gasteiger partial charge on any atom is -0.481 e. The molecule has 1 aromatic rings. The van der Waals surface area contributed by atoms with E-state index in [4.69, 9.17) is 5.11 Å². The van der Waals surface area contributed by atoms with E-state index in [-0.39, 0.29) is 19.0 Å². The van der Waals surface area contributed by atoms with E-state index in [0.29, 0.717) is 6.54 Å². The summed E-state index contributed by atoms with van der Waals surface area (Å²) in [4.78, 5) is 25.6. The van der Waals surface area contributed by atoms with Crippen LogP contribution in [0.5, 0.6) is 0 Å². The lowest BCUT2D eigenvalue weighted by Crippen LogP contribution is -2.38. The molecule has 0 saturated carbocycles. The molecule has 2 N–H and O–H groups in total. The molecule has 1 rings (SSSR count). The minimum absolute atomic E-state index is 0.0555. The van der Waals surface area contributed by atoms with Crippen LogP contribution < -0.4 is 10.2 Å². The maximum absolute atomic E-state index is 11.8. The Balaban J connectivity index is 2.48. The van der Waals surface area contributed by atoms with E-state index in [1.807, 2.05) is 43.3 Å². The number of carboxylic acids is 1. The summed E-state index contributed by atoms with van der Waals surface area (Å²) < 4.78 is 0. The van der Waals surface area contributed by atoms with Crippen LogP contribution in [0.3, 0.4) is 0 Å². The Labute approximate surface area is 119 Å². The summed E-state index contributed by atoms with van der Waals surface area (Å²) >= 11 is 0. The molecule has 0 atom stereocenters. The van der Waals surface area contributed by atoms with Crippen LogP contribution in [0.1, 0.15) is 12.0 Å². The van der Waals surface area contributed by atoms with Crippen molar-refractivity contribution in [3.05, 3.63) is 29.8 Å². The summed E-state index contributed by atoms with van der Waals surface area (Å²) in [6.45, 7) is 0.608. The molecule has 0 aliphatic rings. The first-order chi connectivity index (χ1) is 9.40. The fraction of sp³-hybridized carbons (Fsp3) is 0.429. The summed E-state index contributed by atoms with van der Waals surface area (Å²) in [6.07, 6.45) is -0.0555. The highest BCUT2D eigenvalue weighted by molar-refractivity contribution is 5.75. The number of hydrogen-bond acceptors (Lipinski definition) is 3. The van der Waals surface area contributed by atoms with Crippen molar-refractivity contribution in [2.75, 3.05) is 32.6 Å². The summed E-state index contributed by atoms with van der Waals surface area (Å²) in [5, 5.41) is 11.3. The third kappa shape index (κ3) is 5.17. The largest absolute Gasteiger partial charge is 0.481 e. The summed E-state index contributed by atoms with van der Waals surface area (Å²) in [5.41, 5.74) is 2.06. The third-order valence-electron chi connectivity index (χ3n) is 2.88. The second-order valence-corrected chi connectivity index (χ2v) is 4.79. The van der Waals surface area contributed by atoms with Gasteiger partial charge < -0.3 is 20.2 Å². The molecule has 0 aliphatic carbocycles. The van der Waals surface area contributed by atoms with Crippen molar-refractivity contribution in [3.63, 3.8) is 0 Å². The average molecular weight is 279 g/mol. The SMILES string of the molecule is CN(CCC(=O)O)C(=O)NCc1cccc(N(C)C)c1. The highest BCUT2D eigenvalue weighted by Gasteiger charge is 2.09. The van der Waals surface area contributed by atoms with Gasteiger partial charge in [0, 0.05) is 39.9 Å². The molecule has 6 nitrogen and oxygen atoms in total. The standard InChI is InChI=1S/C14H21N3O3/c1-16(2)12-6-4-5-11(9-12)10-15-14(20)17(3)8-7-13(18)19/h4-6,9H,7-8,10H2,1-3H3,(H,15,20)(H,18,19). The number of carboxylic acid groups (broad SMARTS) is 1. The molecule has 0 radical (unpaired) electrons. The van der Waals surface area contributed by atoms with Gasteiger partial charge in [0.1, 0.15) is 0 Å². The molecule has 0 heterocycles. The molecule has 20 heavy (non-hydrogen) atoms. The van der Waals surface area contributed by atoms with Crippen molar-refractivity contribution in [1.82, 2.24) is 10.2 Å². The van der Waals surface area contributed by atoms with Gasteiger partial charge in [-0.1, -0.05) is 12.1 Å². The second-order valence-electron chi connectivity index (χ2n) is 4.79. The summed E-state index contributed by atoms with van der Waals surface area (Å²) in [7, 11) is 5.49. The van der Waals surface area contributed by atoms with E-state index >= 15 is 0 Å². The number of amides is 2. The number of carbonyl (C=O) groups excluding carboxylic acids is 1. The molecule has 0 aliphatic heterocycles. The van der Waals surface area contributed by atoms with Crippen molar-refractivity contribution in [2.24, 2.45) is 0 Å². The normalized spacial score (nSPS) is 9.95. The highest BCUT2D eigenvalue weighted by atomic mass is 16.4. The van der Waals surface area contributed by atoms with Crippen LogP contribution in [-0.2, 0) is 11.3 Å². The van der Waals surface area contributed by atoms with Crippen LogP contribution in [0, 0.1) is 0 Å². The van der Waals surface area contributed by atoms with Gasteiger partial charge in [0.05, 0.1) is 6.42 Å². The third-order valence-corrected chi connectivity index (χ3v) is 2.88. The summed E-state index contributed by atoms with van der Waals surface area (Å²) in [5.74, 6) is -0.914. The van der Waals surface area contributed by atoms with Gasteiger partial charge in [-0.3, -0.25) is 4.79 Å². The number of hydrogen-bond donors (Lipinski definition) is 2. The first-order valence-corrected chi connectivity index (χ1v) is 6.37. The molecular formula is C14H21N3O3. The monoisotopic (exact) mass is 279 g/mol. The maximum Gasteiger partial charge on any atom is 0.317 e. The average Bonchev–Trinajstić information content (AvgIpc) is 2.42. The fourth-order valence-electron chi connectivity index (χ4n) is 1.62. The smallest absolute Gasteiger partial charge is 0.317 e. The van der Waals surface area contributed by atoms with E-state index in [1.54, 1.807) is 7.05 Å². The fourth-order valence-corrected chi connectivity index (χ4v) is 1.62. The number of rotatable bonds is 6. The molecule has 0 unspecified atom stereocenters. The molecule has 0 bridgehead atoms. The zero-order valence-electron chi connectivity index (χ0n) is 12.1. The molecular weight excluding hydrogens is 258 g/mol. The van der Waals surface area contributed by atoms with Crippen molar-refractivity contribution in [1.29, 1.82) is 0 Å². The van der Waals surface area contributed by atoms with Gasteiger partial charge in [-0.2, -0.15) is 0 Å². The Morgan fingerprint density at radius 3 is 2.55 bits per heavy atom. The van der Waals surface area contributed by atoms with Gasteiger partial charge in [-0.05, 0) is 17.7 Å². The predicted molar refractivity (Wildman–Crippen MR) is 77.9 cm³/mol. The molecule has 0 aromatic heterocycles. The van der Waals surface area contributed by atoms with Crippen LogP contribution >= 0.6 is 0 Å². The van der Waals surface area contributed by atoms with Crippen LogP contribution in [-0.4, -0.2) is 49.7 Å². The number of aliphatic carboxylic acids is 1. The molecule has 2 amide bonds. The lowest BCUT2D eigenvalue weighted by atomic mass is 10.2. The quantitative estimate of drug-likeness (QED) is 0.825. The highest BCUT2D eigenvalue weighted by Crippen LogP contribution is 2.13. The molecule has 0 fully saturated rings. The van der Waals surface area contributed by atoms with Crippen molar-refractivity contribution in [3.8, 4) is 0 Å². The molecule has 6 heteroatoms. The Morgan fingerprint density at radius 1 is 1.25 bits per heavy atom. The van der Waals surface area contributed by atoms with Gasteiger partial charge in [0.25, 0.3) is 0 Å². The Kier molecular flexibility index (Phi) is 5.83. The van der Waals surface area contributed by atoms with Crippen LogP contribution in [0.4, 0.5) is 10.5 Å². The van der Waals surface area contributed by atoms with Crippen LogP contribution in [0.25, 0.3) is 0 Å². The topological polar surface area (TPSA) is 72.9 Å². The van der Waals surface area contributed by atoms with Gasteiger partial charge in [-0.25, -0.2) is 4.79 Å². The predicted octanol–water partition coefficient (Wildman–Crippen LogP) is 1.37. The van der Waals surface area contributed by atoms with E-state index in [9.17, 15) is 9.59 Å². The lowest BCUT2D eigenvalue weighted by molar-refractivity contribution is -0.137. The molecule has 110 valence electrons. The lowest BCUT2D eigenvalue weighted by Gasteiger charge is -2.18. The molecule has 0 spiro atoms. The van der Waals surface area contributed by atoms with Gasteiger partial charge >= 0.3 is 12.0 Å². The van der Waals surface area contributed by atoms with E-state index < -0.39 is 5.97 Å². The van der Waals surface area contributed by atoms with Crippen molar-refractivity contribution < 1.29 is 14.7 Å². The van der Waals surface area contributed by atoms with Gasteiger partial charge in [0.2, 0.25) is 0 Å². The number of urea groups is 1. The zero-order valence-corrected chi connectivity index (χ0v) is 12.1. The first kappa shape index (κ1) is 15.8. The van der Waals surface area contributed by atoms with E-state index in [1.165, 1.54) is 4.90 Å². The van der Waals surface area contributed by atoms with Crippen LogP contribution in [0.15, 0.2) is 24.3 Å². The number of benzene rings is 1. The number of nitrogens with zero attached hydrogens (tertiary/aromatic N) is 2. The number of carbonyl (C=O) groups is 2. The first-order valence-electron chi connectivity index (χ1n) is 6.37. The second kappa shape index (κ2) is 7.37. The van der Waals surface area contributed by atoms with Crippen LogP contribution in [0.2, 0.25) is 0 Å². The zero-order chi connectivity index (χ0) is 15.1. The molecule has 0 saturated heterocycles. The van der Waals surface area contributed by atoms with E-state index in [2.05, 4.69) is 5.32 Å². The van der Waals surface area contributed by atoms with Crippen molar-refractivity contribution >= 4 is 17.7 Å². The van der Waals surface area contributed by atoms with Gasteiger partial charge in [0.15, 0.2) is 0 Å². The Bertz CT molecular complexity index is 474. The van der Waals surface area contributed by atoms with Crippen molar-refractivity contribution in [2.45, 2.75) is 13.0 Å². The molecule has 1 aromatic carbocycles. The Hall–Kier alpha value is -2.24. The van der Waals surface area contributed by atoms with E-state index in [0.717, 1.165) is 11.3 Å².